The van der Waals surface area contributed by atoms with Crippen molar-refractivity contribution in [2.75, 3.05) is 48.4 Å². The number of urea groups is 1. The van der Waals surface area contributed by atoms with Crippen molar-refractivity contribution in [3.8, 4) is 5.75 Å². The van der Waals surface area contributed by atoms with E-state index >= 15 is 0 Å². The van der Waals surface area contributed by atoms with Crippen LogP contribution in [-0.4, -0.2) is 64.2 Å². The third kappa shape index (κ3) is 5.95. The summed E-state index contributed by atoms with van der Waals surface area (Å²) in [5, 5.41) is 8.04. The van der Waals surface area contributed by atoms with Crippen LogP contribution in [0.5, 0.6) is 5.75 Å². The Labute approximate surface area is 166 Å². The average molecular weight is 391 g/mol. The number of nitrogens with one attached hydrogen (secondary N) is 2. The fourth-order valence-electron chi connectivity index (χ4n) is 2.97. The lowest BCUT2D eigenvalue weighted by atomic mass is 10.0. The highest BCUT2D eigenvalue weighted by Crippen LogP contribution is 2.27. The van der Waals surface area contributed by atoms with Crippen molar-refractivity contribution >= 4 is 17.4 Å². The van der Waals surface area contributed by atoms with Gasteiger partial charge in [0, 0.05) is 23.5 Å². The zero-order valence-electron chi connectivity index (χ0n) is 16.7. The molecule has 0 aliphatic heterocycles. The Morgan fingerprint density at radius 2 is 1.63 bits per heavy atom. The van der Waals surface area contributed by atoms with Gasteiger partial charge in [-0.05, 0) is 45.7 Å². The van der Waals surface area contributed by atoms with Gasteiger partial charge in [-0.2, -0.15) is 0 Å². The Hall–Kier alpha value is -2.09. The number of nitrogens with zero attached hydrogens (tertiary/aromatic N) is 2. The monoisotopic (exact) mass is 390 g/mol. The molecular formula is C20H30N4O2S. The second kappa shape index (κ2) is 10.3. The molecule has 0 saturated heterocycles. The van der Waals surface area contributed by atoms with Crippen LogP contribution in [0.2, 0.25) is 0 Å². The van der Waals surface area contributed by atoms with Crippen LogP contribution in [0.15, 0.2) is 41.8 Å². The van der Waals surface area contributed by atoms with Gasteiger partial charge in [-0.1, -0.05) is 24.3 Å². The molecule has 1 aromatic carbocycles. The molecular weight excluding hydrogens is 360 g/mol. The van der Waals surface area contributed by atoms with E-state index in [9.17, 15) is 4.79 Å². The average Bonchev–Trinajstić information content (AvgIpc) is 3.16. The SMILES string of the molecule is COc1ccccc1C(CNC(=O)NCC(c1cccs1)N(C)C)N(C)C. The Bertz CT molecular complexity index is 704. The van der Waals surface area contributed by atoms with Crippen LogP contribution in [0.4, 0.5) is 4.79 Å². The lowest BCUT2D eigenvalue weighted by molar-refractivity contribution is 0.225. The van der Waals surface area contributed by atoms with Gasteiger partial charge >= 0.3 is 6.03 Å². The number of ether oxygens (including phenoxy) is 1. The predicted molar refractivity (Wildman–Crippen MR) is 112 cm³/mol. The van der Waals surface area contributed by atoms with Crippen molar-refractivity contribution in [3.63, 3.8) is 0 Å². The molecule has 1 heterocycles. The van der Waals surface area contributed by atoms with Crippen LogP contribution in [0.3, 0.4) is 0 Å². The van der Waals surface area contributed by atoms with E-state index in [1.807, 2.05) is 58.5 Å². The van der Waals surface area contributed by atoms with E-state index in [0.29, 0.717) is 13.1 Å². The molecule has 1 aromatic heterocycles. The first-order valence-electron chi connectivity index (χ1n) is 8.95. The normalized spacial score (nSPS) is 13.4. The number of carbonyl (C=O) groups excluding carboxylic acids is 1. The molecule has 0 fully saturated rings. The lowest BCUT2D eigenvalue weighted by Gasteiger charge is -2.27. The second-order valence-corrected chi connectivity index (χ2v) is 7.79. The van der Waals surface area contributed by atoms with E-state index < -0.39 is 0 Å². The van der Waals surface area contributed by atoms with Crippen LogP contribution in [0.25, 0.3) is 0 Å². The van der Waals surface area contributed by atoms with Gasteiger partial charge in [0.25, 0.3) is 0 Å². The molecule has 2 atom stereocenters. The highest BCUT2D eigenvalue weighted by Gasteiger charge is 2.20. The number of hydrogen-bond donors (Lipinski definition) is 2. The molecule has 0 bridgehead atoms. The smallest absolute Gasteiger partial charge is 0.314 e. The first-order valence-corrected chi connectivity index (χ1v) is 9.82. The third-order valence-corrected chi connectivity index (χ3v) is 5.50. The fraction of sp³-hybridized carbons (Fsp3) is 0.450. The summed E-state index contributed by atoms with van der Waals surface area (Å²) in [6.45, 7) is 1.05. The number of hydrogen-bond acceptors (Lipinski definition) is 5. The third-order valence-electron chi connectivity index (χ3n) is 4.53. The molecule has 2 N–H and O–H groups in total. The van der Waals surface area contributed by atoms with E-state index in [0.717, 1.165) is 11.3 Å². The molecule has 7 heteroatoms. The molecule has 0 spiro atoms. The molecule has 6 nitrogen and oxygen atoms in total. The number of benzene rings is 1. The number of methoxy groups -OCH3 is 1. The van der Waals surface area contributed by atoms with Gasteiger partial charge in [0.1, 0.15) is 5.75 Å². The van der Waals surface area contributed by atoms with Crippen molar-refractivity contribution in [1.29, 1.82) is 0 Å². The quantitative estimate of drug-likeness (QED) is 0.691. The highest BCUT2D eigenvalue weighted by atomic mass is 32.1. The van der Waals surface area contributed by atoms with Gasteiger partial charge in [-0.25, -0.2) is 4.79 Å². The maximum absolute atomic E-state index is 12.4. The van der Waals surface area contributed by atoms with E-state index in [1.54, 1.807) is 18.4 Å². The number of carbonyl (C=O) groups is 1. The minimum Gasteiger partial charge on any atom is -0.496 e. The van der Waals surface area contributed by atoms with E-state index in [-0.39, 0.29) is 18.1 Å². The van der Waals surface area contributed by atoms with Gasteiger partial charge in [-0.15, -0.1) is 11.3 Å². The van der Waals surface area contributed by atoms with Gasteiger partial charge < -0.3 is 25.2 Å². The predicted octanol–water partition coefficient (Wildman–Crippen LogP) is 2.96. The number of rotatable bonds is 9. The van der Waals surface area contributed by atoms with Crippen LogP contribution in [-0.2, 0) is 0 Å². The summed E-state index contributed by atoms with van der Waals surface area (Å²) in [6, 6.07) is 12.0. The highest BCUT2D eigenvalue weighted by molar-refractivity contribution is 7.10. The van der Waals surface area contributed by atoms with Crippen molar-refractivity contribution in [1.82, 2.24) is 20.4 Å². The topological polar surface area (TPSA) is 56.8 Å². The summed E-state index contributed by atoms with van der Waals surface area (Å²) in [5.41, 5.74) is 1.05. The second-order valence-electron chi connectivity index (χ2n) is 6.81. The van der Waals surface area contributed by atoms with Gasteiger partial charge in [0.05, 0.1) is 19.2 Å². The first-order chi connectivity index (χ1) is 12.9. The van der Waals surface area contributed by atoms with Gasteiger partial charge in [-0.3, -0.25) is 0 Å². The molecule has 0 aliphatic carbocycles. The summed E-state index contributed by atoms with van der Waals surface area (Å²) >= 11 is 1.70. The van der Waals surface area contributed by atoms with E-state index in [1.165, 1.54) is 4.88 Å². The maximum atomic E-state index is 12.4. The zero-order chi connectivity index (χ0) is 19.8. The molecule has 2 aromatic rings. The summed E-state index contributed by atoms with van der Waals surface area (Å²) < 4.78 is 5.47. The fourth-order valence-corrected chi connectivity index (χ4v) is 3.89. The van der Waals surface area contributed by atoms with E-state index in [2.05, 4.69) is 31.9 Å². The van der Waals surface area contributed by atoms with Crippen molar-refractivity contribution in [2.45, 2.75) is 12.1 Å². The first kappa shape index (κ1) is 21.2. The Morgan fingerprint density at radius 3 is 2.19 bits per heavy atom. The van der Waals surface area contributed by atoms with Crippen LogP contribution < -0.4 is 15.4 Å². The molecule has 27 heavy (non-hydrogen) atoms. The number of para-hydroxylation sites is 1. The number of amides is 2. The summed E-state index contributed by atoms with van der Waals surface area (Å²) in [7, 11) is 9.70. The maximum Gasteiger partial charge on any atom is 0.314 e. The standard InChI is InChI=1S/C20H30N4O2S/c1-23(2)16(15-9-6-7-10-18(15)26-5)13-21-20(25)22-14-17(24(3)4)19-11-8-12-27-19/h6-12,16-17H,13-14H2,1-5H3,(H2,21,22,25). The van der Waals surface area contributed by atoms with Crippen LogP contribution in [0, 0.1) is 0 Å². The van der Waals surface area contributed by atoms with Gasteiger partial charge in [0.2, 0.25) is 0 Å². The largest absolute Gasteiger partial charge is 0.496 e. The molecule has 0 aliphatic rings. The Kier molecular flexibility index (Phi) is 8.09. The zero-order valence-corrected chi connectivity index (χ0v) is 17.5. The Morgan fingerprint density at radius 1 is 1.00 bits per heavy atom. The minimum absolute atomic E-state index is 0.0221. The summed E-state index contributed by atoms with van der Waals surface area (Å²) in [4.78, 5) is 17.8. The van der Waals surface area contributed by atoms with Crippen molar-refractivity contribution in [3.05, 3.63) is 52.2 Å². The van der Waals surface area contributed by atoms with Gasteiger partial charge in [0.15, 0.2) is 0 Å². The minimum atomic E-state index is -0.167. The van der Waals surface area contributed by atoms with E-state index in [4.69, 9.17) is 4.74 Å². The number of thiophene rings is 1. The number of likely N-dealkylation sites (N-methyl/N-ethyl adjacent to an activating group) is 2. The molecule has 2 unspecified atom stereocenters. The Balaban J connectivity index is 1.94. The van der Waals surface area contributed by atoms with Crippen LogP contribution in [0.1, 0.15) is 22.5 Å². The molecule has 2 amide bonds. The summed E-state index contributed by atoms with van der Waals surface area (Å²) in [6.07, 6.45) is 0. The molecule has 2 rings (SSSR count). The lowest BCUT2D eigenvalue weighted by Crippen LogP contribution is -2.43. The summed E-state index contributed by atoms with van der Waals surface area (Å²) in [5.74, 6) is 0.823. The van der Waals surface area contributed by atoms with Crippen molar-refractivity contribution < 1.29 is 9.53 Å². The molecule has 148 valence electrons. The molecule has 0 saturated carbocycles. The molecule has 0 radical (unpaired) electrons. The van der Waals surface area contributed by atoms with Crippen LogP contribution >= 0.6 is 11.3 Å². The van der Waals surface area contributed by atoms with Crippen molar-refractivity contribution in [2.24, 2.45) is 0 Å².